The molecule has 1 fully saturated rings. The molecule has 0 spiro atoms. The van der Waals surface area contributed by atoms with E-state index in [0.29, 0.717) is 17.4 Å². The topological polar surface area (TPSA) is 46.2 Å². The average Bonchev–Trinajstić information content (AvgIpc) is 2.36. The van der Waals surface area contributed by atoms with Gasteiger partial charge < -0.3 is 5.32 Å². The molecule has 0 radical (unpaired) electrons. The maximum atomic E-state index is 12.2. The van der Waals surface area contributed by atoms with Crippen LogP contribution in [0.4, 0.5) is 0 Å². The molecule has 108 valence electrons. The first-order chi connectivity index (χ1) is 8.48. The highest BCUT2D eigenvalue weighted by atomic mass is 32.2. The SMILES string of the molecule is CCC(C)CS(=O)(=O)CC(NC)C1CCCCC1. The zero-order valence-corrected chi connectivity index (χ0v) is 12.9. The monoisotopic (exact) mass is 275 g/mol. The number of hydrogen-bond donors (Lipinski definition) is 1. The molecule has 0 bridgehead atoms. The van der Waals surface area contributed by atoms with Crippen LogP contribution < -0.4 is 5.32 Å². The van der Waals surface area contributed by atoms with Crippen LogP contribution >= 0.6 is 0 Å². The minimum atomic E-state index is -2.92. The molecule has 0 heterocycles. The quantitative estimate of drug-likeness (QED) is 0.777. The molecule has 2 unspecified atom stereocenters. The Morgan fingerprint density at radius 2 is 1.78 bits per heavy atom. The largest absolute Gasteiger partial charge is 0.316 e. The van der Waals surface area contributed by atoms with Gasteiger partial charge in [0, 0.05) is 6.04 Å². The Labute approximate surface area is 113 Å². The van der Waals surface area contributed by atoms with Crippen molar-refractivity contribution in [2.45, 2.75) is 58.4 Å². The summed E-state index contributed by atoms with van der Waals surface area (Å²) in [5, 5.41) is 3.24. The van der Waals surface area contributed by atoms with Crippen molar-refractivity contribution in [3.8, 4) is 0 Å². The van der Waals surface area contributed by atoms with Crippen molar-refractivity contribution < 1.29 is 8.42 Å². The van der Waals surface area contributed by atoms with Gasteiger partial charge in [-0.25, -0.2) is 8.42 Å². The predicted molar refractivity (Wildman–Crippen MR) is 77.5 cm³/mol. The van der Waals surface area contributed by atoms with E-state index in [0.717, 1.165) is 6.42 Å². The number of rotatable bonds is 7. The average molecular weight is 275 g/mol. The summed E-state index contributed by atoms with van der Waals surface area (Å²) in [5.41, 5.74) is 0. The van der Waals surface area contributed by atoms with Crippen LogP contribution in [0, 0.1) is 11.8 Å². The highest BCUT2D eigenvalue weighted by Crippen LogP contribution is 2.27. The summed E-state index contributed by atoms with van der Waals surface area (Å²) in [4.78, 5) is 0. The highest BCUT2D eigenvalue weighted by Gasteiger charge is 2.27. The Morgan fingerprint density at radius 3 is 2.28 bits per heavy atom. The predicted octanol–water partition coefficient (Wildman–Crippen LogP) is 2.62. The molecule has 0 amide bonds. The van der Waals surface area contributed by atoms with Crippen LogP contribution in [0.2, 0.25) is 0 Å². The molecule has 0 aromatic carbocycles. The van der Waals surface area contributed by atoms with Crippen LogP contribution in [0.15, 0.2) is 0 Å². The third-order valence-electron chi connectivity index (χ3n) is 4.26. The van der Waals surface area contributed by atoms with E-state index < -0.39 is 9.84 Å². The van der Waals surface area contributed by atoms with Crippen molar-refractivity contribution in [2.24, 2.45) is 11.8 Å². The van der Waals surface area contributed by atoms with Crippen LogP contribution in [0.5, 0.6) is 0 Å². The van der Waals surface area contributed by atoms with E-state index in [4.69, 9.17) is 0 Å². The lowest BCUT2D eigenvalue weighted by Crippen LogP contribution is -2.41. The molecular formula is C14H29NO2S. The van der Waals surface area contributed by atoms with Crippen molar-refractivity contribution in [3.05, 3.63) is 0 Å². The van der Waals surface area contributed by atoms with Crippen molar-refractivity contribution in [1.82, 2.24) is 5.32 Å². The Balaban J connectivity index is 2.55. The van der Waals surface area contributed by atoms with Crippen LogP contribution in [0.25, 0.3) is 0 Å². The molecule has 0 aliphatic heterocycles. The summed E-state index contributed by atoms with van der Waals surface area (Å²) in [6, 6.07) is 0.152. The van der Waals surface area contributed by atoms with E-state index in [1.54, 1.807) is 0 Å². The number of nitrogens with one attached hydrogen (secondary N) is 1. The third kappa shape index (κ3) is 5.27. The zero-order chi connectivity index (χ0) is 13.6. The molecule has 2 atom stereocenters. The maximum Gasteiger partial charge on any atom is 0.152 e. The van der Waals surface area contributed by atoms with Gasteiger partial charge in [0.25, 0.3) is 0 Å². The van der Waals surface area contributed by atoms with E-state index in [1.807, 2.05) is 14.0 Å². The molecule has 4 heteroatoms. The minimum Gasteiger partial charge on any atom is -0.316 e. The van der Waals surface area contributed by atoms with Gasteiger partial charge in [-0.05, 0) is 31.7 Å². The van der Waals surface area contributed by atoms with Gasteiger partial charge in [0.1, 0.15) is 0 Å². The molecule has 0 aromatic rings. The van der Waals surface area contributed by atoms with Crippen LogP contribution in [-0.4, -0.2) is 33.0 Å². The fourth-order valence-corrected chi connectivity index (χ4v) is 5.11. The second-order valence-corrected chi connectivity index (χ2v) is 8.04. The molecule has 1 aliphatic rings. The second kappa shape index (κ2) is 7.49. The Hall–Kier alpha value is -0.0900. The van der Waals surface area contributed by atoms with Crippen LogP contribution in [0.1, 0.15) is 52.4 Å². The molecule has 1 saturated carbocycles. The number of sulfone groups is 1. The van der Waals surface area contributed by atoms with Gasteiger partial charge in [-0.2, -0.15) is 0 Å². The van der Waals surface area contributed by atoms with Crippen molar-refractivity contribution >= 4 is 9.84 Å². The lowest BCUT2D eigenvalue weighted by Gasteiger charge is -2.30. The van der Waals surface area contributed by atoms with Crippen molar-refractivity contribution in [1.29, 1.82) is 0 Å². The summed E-state index contributed by atoms with van der Waals surface area (Å²) in [5.74, 6) is 1.49. The van der Waals surface area contributed by atoms with Gasteiger partial charge in [0.05, 0.1) is 11.5 Å². The number of hydrogen-bond acceptors (Lipinski definition) is 3. The molecule has 1 rings (SSSR count). The van der Waals surface area contributed by atoms with Crippen LogP contribution in [0.3, 0.4) is 0 Å². The molecular weight excluding hydrogens is 246 g/mol. The molecule has 0 aromatic heterocycles. The summed E-state index contributed by atoms with van der Waals surface area (Å²) in [7, 11) is -1.02. The molecule has 1 aliphatic carbocycles. The lowest BCUT2D eigenvalue weighted by molar-refractivity contribution is 0.292. The van der Waals surface area contributed by atoms with Gasteiger partial charge in [0.2, 0.25) is 0 Å². The highest BCUT2D eigenvalue weighted by molar-refractivity contribution is 7.91. The van der Waals surface area contributed by atoms with Crippen molar-refractivity contribution in [2.75, 3.05) is 18.6 Å². The zero-order valence-electron chi connectivity index (χ0n) is 12.1. The fourth-order valence-electron chi connectivity index (χ4n) is 2.88. The van der Waals surface area contributed by atoms with Gasteiger partial charge >= 0.3 is 0 Å². The van der Waals surface area contributed by atoms with E-state index in [-0.39, 0.29) is 12.0 Å². The fraction of sp³-hybridized carbons (Fsp3) is 1.00. The Bertz CT molecular complexity index is 321. The standard InChI is InChI=1S/C14H29NO2S/c1-4-12(2)10-18(16,17)11-14(15-3)13-8-6-5-7-9-13/h12-15H,4-11H2,1-3H3. The Morgan fingerprint density at radius 1 is 1.17 bits per heavy atom. The summed E-state index contributed by atoms with van der Waals surface area (Å²) >= 11 is 0. The lowest BCUT2D eigenvalue weighted by atomic mass is 9.84. The third-order valence-corrected chi connectivity index (χ3v) is 6.20. The second-order valence-electron chi connectivity index (χ2n) is 5.88. The van der Waals surface area contributed by atoms with E-state index in [2.05, 4.69) is 12.2 Å². The smallest absolute Gasteiger partial charge is 0.152 e. The summed E-state index contributed by atoms with van der Waals surface area (Å²) in [6.45, 7) is 4.07. The maximum absolute atomic E-state index is 12.2. The molecule has 3 nitrogen and oxygen atoms in total. The molecule has 0 saturated heterocycles. The normalized spacial score (nSPS) is 21.7. The first-order valence-electron chi connectivity index (χ1n) is 7.36. The minimum absolute atomic E-state index is 0.152. The van der Waals surface area contributed by atoms with Crippen LogP contribution in [-0.2, 0) is 9.84 Å². The van der Waals surface area contributed by atoms with Gasteiger partial charge in [-0.15, -0.1) is 0 Å². The Kier molecular flexibility index (Phi) is 6.64. The summed E-state index contributed by atoms with van der Waals surface area (Å²) in [6.07, 6.45) is 7.14. The van der Waals surface area contributed by atoms with E-state index in [9.17, 15) is 8.42 Å². The van der Waals surface area contributed by atoms with E-state index in [1.165, 1.54) is 32.1 Å². The van der Waals surface area contributed by atoms with Gasteiger partial charge in [0.15, 0.2) is 9.84 Å². The van der Waals surface area contributed by atoms with Crippen molar-refractivity contribution in [3.63, 3.8) is 0 Å². The molecule has 18 heavy (non-hydrogen) atoms. The molecule has 1 N–H and O–H groups in total. The first kappa shape index (κ1) is 16.0. The van der Waals surface area contributed by atoms with E-state index >= 15 is 0 Å². The van der Waals surface area contributed by atoms with Gasteiger partial charge in [-0.1, -0.05) is 39.5 Å². The van der Waals surface area contributed by atoms with Gasteiger partial charge in [-0.3, -0.25) is 0 Å². The summed E-state index contributed by atoms with van der Waals surface area (Å²) < 4.78 is 24.3. The first-order valence-corrected chi connectivity index (χ1v) is 9.18.